The van der Waals surface area contributed by atoms with E-state index >= 15 is 0 Å². The van der Waals surface area contributed by atoms with Gasteiger partial charge < -0.3 is 10.1 Å². The molecule has 0 aliphatic carbocycles. The Bertz CT molecular complexity index is 567. The molecule has 0 aliphatic rings. The third-order valence-corrected chi connectivity index (χ3v) is 3.24. The van der Waals surface area contributed by atoms with Crippen LogP contribution in [0.25, 0.3) is 0 Å². The molecule has 0 fully saturated rings. The van der Waals surface area contributed by atoms with E-state index < -0.39 is 0 Å². The summed E-state index contributed by atoms with van der Waals surface area (Å²) >= 11 is 0. The third-order valence-electron chi connectivity index (χ3n) is 3.24. The first-order valence-corrected chi connectivity index (χ1v) is 7.45. The molecule has 0 aliphatic heterocycles. The molecular weight excluding hydrogens is 258 g/mol. The molecule has 112 valence electrons. The van der Waals surface area contributed by atoms with E-state index in [1.54, 1.807) is 0 Å². The van der Waals surface area contributed by atoms with Crippen molar-refractivity contribution in [3.63, 3.8) is 0 Å². The van der Waals surface area contributed by atoms with Gasteiger partial charge in [0, 0.05) is 12.1 Å². The van der Waals surface area contributed by atoms with E-state index in [1.807, 2.05) is 12.1 Å². The monoisotopic (exact) mass is 283 g/mol. The van der Waals surface area contributed by atoms with Gasteiger partial charge in [-0.1, -0.05) is 36.4 Å². The van der Waals surface area contributed by atoms with Gasteiger partial charge in [-0.25, -0.2) is 0 Å². The SMILES string of the molecule is Cc1cccc(OCc2ccc(CNC(C)(C)C)cc2)c1. The molecule has 2 nitrogen and oxygen atoms in total. The average Bonchev–Trinajstić information content (AvgIpc) is 2.43. The Morgan fingerprint density at radius 1 is 0.952 bits per heavy atom. The second kappa shape index (κ2) is 6.77. The molecule has 0 aromatic heterocycles. The first kappa shape index (κ1) is 15.6. The van der Waals surface area contributed by atoms with Crippen molar-refractivity contribution in [2.24, 2.45) is 0 Å². The normalized spacial score (nSPS) is 11.4. The molecule has 2 aromatic rings. The zero-order valence-corrected chi connectivity index (χ0v) is 13.4. The topological polar surface area (TPSA) is 21.3 Å². The summed E-state index contributed by atoms with van der Waals surface area (Å²) in [6.07, 6.45) is 0. The Kier molecular flexibility index (Phi) is 5.03. The predicted octanol–water partition coefficient (Wildman–Crippen LogP) is 4.46. The maximum atomic E-state index is 5.81. The average molecular weight is 283 g/mol. The summed E-state index contributed by atoms with van der Waals surface area (Å²) in [6.45, 7) is 10.1. The van der Waals surface area contributed by atoms with Crippen LogP contribution in [-0.2, 0) is 13.2 Å². The van der Waals surface area contributed by atoms with Gasteiger partial charge in [0.25, 0.3) is 0 Å². The fourth-order valence-electron chi connectivity index (χ4n) is 1.99. The largest absolute Gasteiger partial charge is 0.489 e. The van der Waals surface area contributed by atoms with Crippen molar-refractivity contribution in [2.75, 3.05) is 0 Å². The van der Waals surface area contributed by atoms with Crippen molar-refractivity contribution in [3.05, 3.63) is 65.2 Å². The molecule has 0 heterocycles. The number of rotatable bonds is 5. The molecule has 0 bridgehead atoms. The van der Waals surface area contributed by atoms with Crippen molar-refractivity contribution >= 4 is 0 Å². The molecule has 0 unspecified atom stereocenters. The Labute approximate surface area is 128 Å². The summed E-state index contributed by atoms with van der Waals surface area (Å²) in [5.74, 6) is 0.925. The lowest BCUT2D eigenvalue weighted by molar-refractivity contribution is 0.306. The fraction of sp³-hybridized carbons (Fsp3) is 0.368. The minimum atomic E-state index is 0.146. The van der Waals surface area contributed by atoms with Gasteiger partial charge in [0.1, 0.15) is 12.4 Å². The Hall–Kier alpha value is -1.80. The number of hydrogen-bond donors (Lipinski definition) is 1. The summed E-state index contributed by atoms with van der Waals surface area (Å²) in [6, 6.07) is 16.7. The lowest BCUT2D eigenvalue weighted by atomic mass is 10.1. The van der Waals surface area contributed by atoms with Crippen LogP contribution >= 0.6 is 0 Å². The molecule has 0 radical (unpaired) electrons. The molecular formula is C19H25NO. The van der Waals surface area contributed by atoms with Gasteiger partial charge in [-0.2, -0.15) is 0 Å². The lowest BCUT2D eigenvalue weighted by Crippen LogP contribution is -2.35. The maximum absolute atomic E-state index is 5.81. The van der Waals surface area contributed by atoms with Crippen LogP contribution < -0.4 is 10.1 Å². The molecule has 0 saturated carbocycles. The van der Waals surface area contributed by atoms with E-state index in [1.165, 1.54) is 16.7 Å². The Morgan fingerprint density at radius 2 is 1.62 bits per heavy atom. The van der Waals surface area contributed by atoms with Crippen LogP contribution in [0.5, 0.6) is 5.75 Å². The van der Waals surface area contributed by atoms with E-state index in [-0.39, 0.29) is 5.54 Å². The van der Waals surface area contributed by atoms with E-state index in [9.17, 15) is 0 Å². The van der Waals surface area contributed by atoms with Crippen LogP contribution in [0.3, 0.4) is 0 Å². The van der Waals surface area contributed by atoms with Crippen molar-refractivity contribution < 1.29 is 4.74 Å². The van der Waals surface area contributed by atoms with Crippen LogP contribution in [0.2, 0.25) is 0 Å². The van der Waals surface area contributed by atoms with Crippen LogP contribution in [0.15, 0.2) is 48.5 Å². The van der Waals surface area contributed by atoms with Crippen molar-refractivity contribution in [3.8, 4) is 5.75 Å². The predicted molar refractivity (Wildman–Crippen MR) is 88.5 cm³/mol. The van der Waals surface area contributed by atoms with Crippen LogP contribution in [0, 0.1) is 6.92 Å². The molecule has 2 rings (SSSR count). The smallest absolute Gasteiger partial charge is 0.120 e. The molecule has 1 N–H and O–H groups in total. The number of aryl methyl sites for hydroxylation is 1. The molecule has 0 spiro atoms. The highest BCUT2D eigenvalue weighted by Crippen LogP contribution is 2.15. The highest BCUT2D eigenvalue weighted by molar-refractivity contribution is 5.28. The van der Waals surface area contributed by atoms with Gasteiger partial charge >= 0.3 is 0 Å². The summed E-state index contributed by atoms with van der Waals surface area (Å²) in [7, 11) is 0. The minimum absolute atomic E-state index is 0.146. The van der Waals surface area contributed by atoms with E-state index in [2.05, 4.69) is 69.4 Å². The lowest BCUT2D eigenvalue weighted by Gasteiger charge is -2.20. The fourth-order valence-corrected chi connectivity index (χ4v) is 1.99. The summed E-state index contributed by atoms with van der Waals surface area (Å²) in [5.41, 5.74) is 3.85. The zero-order chi connectivity index (χ0) is 15.3. The van der Waals surface area contributed by atoms with Crippen LogP contribution in [0.4, 0.5) is 0 Å². The molecule has 0 atom stereocenters. The van der Waals surface area contributed by atoms with Crippen molar-refractivity contribution in [2.45, 2.75) is 46.4 Å². The molecule has 21 heavy (non-hydrogen) atoms. The van der Waals surface area contributed by atoms with Gasteiger partial charge in [-0.15, -0.1) is 0 Å². The third kappa shape index (κ3) is 5.60. The standard InChI is InChI=1S/C19H25NO/c1-15-6-5-7-18(12-15)21-14-17-10-8-16(9-11-17)13-20-19(2,3)4/h5-12,20H,13-14H2,1-4H3. The van der Waals surface area contributed by atoms with Gasteiger partial charge in [0.05, 0.1) is 0 Å². The summed E-state index contributed by atoms with van der Waals surface area (Å²) in [5, 5.41) is 3.49. The Balaban J connectivity index is 1.87. The number of hydrogen-bond acceptors (Lipinski definition) is 2. The Morgan fingerprint density at radius 3 is 2.24 bits per heavy atom. The minimum Gasteiger partial charge on any atom is -0.489 e. The summed E-state index contributed by atoms with van der Waals surface area (Å²) < 4.78 is 5.81. The van der Waals surface area contributed by atoms with Crippen molar-refractivity contribution in [1.29, 1.82) is 0 Å². The number of ether oxygens (including phenoxy) is 1. The second-order valence-electron chi connectivity index (χ2n) is 6.53. The van der Waals surface area contributed by atoms with E-state index in [4.69, 9.17) is 4.74 Å². The molecule has 0 amide bonds. The van der Waals surface area contributed by atoms with E-state index in [0.717, 1.165) is 12.3 Å². The van der Waals surface area contributed by atoms with Crippen molar-refractivity contribution in [1.82, 2.24) is 5.32 Å². The molecule has 2 heteroatoms. The van der Waals surface area contributed by atoms with Gasteiger partial charge in [-0.05, 0) is 56.5 Å². The van der Waals surface area contributed by atoms with Gasteiger partial charge in [0.2, 0.25) is 0 Å². The quantitative estimate of drug-likeness (QED) is 0.874. The zero-order valence-electron chi connectivity index (χ0n) is 13.4. The van der Waals surface area contributed by atoms with Gasteiger partial charge in [0.15, 0.2) is 0 Å². The van der Waals surface area contributed by atoms with Crippen LogP contribution in [-0.4, -0.2) is 5.54 Å². The van der Waals surface area contributed by atoms with Gasteiger partial charge in [-0.3, -0.25) is 0 Å². The molecule has 2 aromatic carbocycles. The first-order valence-electron chi connectivity index (χ1n) is 7.45. The maximum Gasteiger partial charge on any atom is 0.120 e. The molecule has 0 saturated heterocycles. The number of benzene rings is 2. The first-order chi connectivity index (χ1) is 9.92. The number of nitrogens with one attached hydrogen (secondary N) is 1. The van der Waals surface area contributed by atoms with Crippen LogP contribution in [0.1, 0.15) is 37.5 Å². The second-order valence-corrected chi connectivity index (χ2v) is 6.53. The van der Waals surface area contributed by atoms with E-state index in [0.29, 0.717) is 6.61 Å². The summed E-state index contributed by atoms with van der Waals surface area (Å²) in [4.78, 5) is 0. The highest BCUT2D eigenvalue weighted by Gasteiger charge is 2.08. The highest BCUT2D eigenvalue weighted by atomic mass is 16.5.